The molecule has 7 nitrogen and oxygen atoms in total. The second-order valence-electron chi connectivity index (χ2n) is 7.53. The Hall–Kier alpha value is -3.48. The predicted molar refractivity (Wildman–Crippen MR) is 108 cm³/mol. The maximum atomic E-state index is 12.7. The van der Waals surface area contributed by atoms with E-state index in [-0.39, 0.29) is 5.91 Å². The summed E-state index contributed by atoms with van der Waals surface area (Å²) in [7, 11) is 0. The number of amides is 1. The van der Waals surface area contributed by atoms with Crippen LogP contribution >= 0.6 is 0 Å². The fraction of sp³-hybridized carbons (Fsp3) is 0.273. The number of aryl methyl sites for hydroxylation is 1. The maximum absolute atomic E-state index is 12.7. The molecule has 3 aromatic heterocycles. The van der Waals surface area contributed by atoms with Gasteiger partial charge in [-0.25, -0.2) is 4.98 Å². The average Bonchev–Trinajstić information content (AvgIpc) is 3.48. The number of nitrogens with zero attached hydrogens (tertiary/aromatic N) is 5. The van der Waals surface area contributed by atoms with Crippen LogP contribution in [0.1, 0.15) is 35.8 Å². The zero-order valence-corrected chi connectivity index (χ0v) is 16.4. The zero-order chi connectivity index (χ0) is 20.0. The number of hydrogen-bond donors (Lipinski definition) is 0. The van der Waals surface area contributed by atoms with Crippen molar-refractivity contribution in [3.63, 3.8) is 0 Å². The molecule has 0 bridgehead atoms. The van der Waals surface area contributed by atoms with Gasteiger partial charge in [0.15, 0.2) is 0 Å². The van der Waals surface area contributed by atoms with E-state index in [1.807, 2.05) is 65.0 Å². The van der Waals surface area contributed by atoms with Gasteiger partial charge in [-0.3, -0.25) is 4.79 Å². The Bertz CT molecular complexity index is 1190. The van der Waals surface area contributed by atoms with Crippen molar-refractivity contribution < 1.29 is 9.32 Å². The van der Waals surface area contributed by atoms with Crippen LogP contribution in [-0.2, 0) is 0 Å². The Kier molecular flexibility index (Phi) is 4.16. The Balaban J connectivity index is 1.39. The molecule has 1 aliphatic heterocycles. The highest BCUT2D eigenvalue weighted by atomic mass is 16.5. The number of carbonyl (C=O) groups is 1. The van der Waals surface area contributed by atoms with Crippen LogP contribution in [0.4, 0.5) is 0 Å². The number of aromatic nitrogens is 4. The topological polar surface area (TPSA) is 76.5 Å². The van der Waals surface area contributed by atoms with Crippen molar-refractivity contribution in [3.05, 3.63) is 60.0 Å². The Morgan fingerprint density at radius 3 is 2.76 bits per heavy atom. The molecule has 1 atom stereocenters. The van der Waals surface area contributed by atoms with E-state index in [9.17, 15) is 4.79 Å². The molecule has 146 valence electrons. The Morgan fingerprint density at radius 1 is 1.17 bits per heavy atom. The molecule has 0 spiro atoms. The van der Waals surface area contributed by atoms with Crippen molar-refractivity contribution in [3.8, 4) is 22.8 Å². The van der Waals surface area contributed by atoms with Crippen LogP contribution < -0.4 is 0 Å². The highest BCUT2D eigenvalue weighted by Crippen LogP contribution is 2.25. The van der Waals surface area contributed by atoms with E-state index in [2.05, 4.69) is 22.0 Å². The minimum Gasteiger partial charge on any atom is -0.336 e. The molecule has 0 N–H and O–H groups in total. The number of likely N-dealkylation sites (tertiary alicyclic amines) is 1. The molecule has 5 rings (SSSR count). The number of carbonyl (C=O) groups excluding carboxylic acids is 1. The van der Waals surface area contributed by atoms with E-state index in [1.54, 1.807) is 0 Å². The van der Waals surface area contributed by atoms with E-state index in [0.29, 0.717) is 23.3 Å². The number of rotatable bonds is 3. The summed E-state index contributed by atoms with van der Waals surface area (Å²) in [6.07, 6.45) is 5.90. The summed E-state index contributed by atoms with van der Waals surface area (Å²) in [5.74, 6) is 1.01. The van der Waals surface area contributed by atoms with Gasteiger partial charge in [0.25, 0.3) is 11.8 Å². The van der Waals surface area contributed by atoms with Crippen molar-refractivity contribution in [2.24, 2.45) is 0 Å². The lowest BCUT2D eigenvalue weighted by atomic mass is 10.1. The van der Waals surface area contributed by atoms with E-state index < -0.39 is 0 Å². The van der Waals surface area contributed by atoms with Gasteiger partial charge in [-0.1, -0.05) is 17.3 Å². The maximum Gasteiger partial charge on any atom is 0.258 e. The van der Waals surface area contributed by atoms with Crippen LogP contribution in [0.25, 0.3) is 28.5 Å². The van der Waals surface area contributed by atoms with Crippen LogP contribution in [0.2, 0.25) is 0 Å². The summed E-state index contributed by atoms with van der Waals surface area (Å²) in [5.41, 5.74) is 4.21. The lowest BCUT2D eigenvalue weighted by molar-refractivity contribution is 0.0747. The first-order valence-electron chi connectivity index (χ1n) is 9.79. The molecule has 29 heavy (non-hydrogen) atoms. The van der Waals surface area contributed by atoms with Crippen molar-refractivity contribution in [2.75, 3.05) is 6.54 Å². The molecule has 0 aliphatic carbocycles. The van der Waals surface area contributed by atoms with Crippen molar-refractivity contribution in [1.29, 1.82) is 0 Å². The third kappa shape index (κ3) is 3.08. The number of imidazole rings is 1. The van der Waals surface area contributed by atoms with Crippen LogP contribution in [-0.4, -0.2) is 42.9 Å². The zero-order valence-electron chi connectivity index (χ0n) is 16.4. The molecule has 1 saturated heterocycles. The standard InChI is InChI=1S/C22H21N5O2/c1-14-4-3-10-27(14)22(28)17-7-5-16(6-8-17)20-24-21(29-25-20)18-9-11-26-15(2)13-23-19(26)12-18/h5-9,11-14H,3-4,10H2,1-2H3. The molecule has 4 heterocycles. The van der Waals surface area contributed by atoms with E-state index >= 15 is 0 Å². The van der Waals surface area contributed by atoms with Gasteiger partial charge in [0, 0.05) is 47.4 Å². The lowest BCUT2D eigenvalue weighted by Crippen LogP contribution is -2.33. The van der Waals surface area contributed by atoms with Crippen LogP contribution in [0, 0.1) is 6.92 Å². The molecule has 0 saturated carbocycles. The van der Waals surface area contributed by atoms with E-state index in [1.165, 1.54) is 0 Å². The fourth-order valence-electron chi connectivity index (χ4n) is 3.86. The number of pyridine rings is 1. The first kappa shape index (κ1) is 17.6. The van der Waals surface area contributed by atoms with Crippen molar-refractivity contribution >= 4 is 11.6 Å². The molecule has 1 amide bonds. The highest BCUT2D eigenvalue weighted by molar-refractivity contribution is 5.95. The van der Waals surface area contributed by atoms with Gasteiger partial charge in [0.2, 0.25) is 5.82 Å². The van der Waals surface area contributed by atoms with Gasteiger partial charge in [-0.2, -0.15) is 4.98 Å². The van der Waals surface area contributed by atoms with Gasteiger partial charge in [0.1, 0.15) is 5.65 Å². The molecule has 4 aromatic rings. The molecular weight excluding hydrogens is 366 g/mol. The monoisotopic (exact) mass is 387 g/mol. The van der Waals surface area contributed by atoms with Gasteiger partial charge in [0.05, 0.1) is 0 Å². The van der Waals surface area contributed by atoms with Gasteiger partial charge < -0.3 is 13.8 Å². The summed E-state index contributed by atoms with van der Waals surface area (Å²) < 4.78 is 7.46. The second-order valence-corrected chi connectivity index (χ2v) is 7.53. The number of fused-ring (bicyclic) bond motifs is 1. The predicted octanol–water partition coefficient (Wildman–Crippen LogP) is 3.98. The lowest BCUT2D eigenvalue weighted by Gasteiger charge is -2.21. The summed E-state index contributed by atoms with van der Waals surface area (Å²) in [5, 5.41) is 4.10. The highest BCUT2D eigenvalue weighted by Gasteiger charge is 2.26. The summed E-state index contributed by atoms with van der Waals surface area (Å²) in [6.45, 7) is 4.93. The van der Waals surface area contributed by atoms with Crippen LogP contribution in [0.15, 0.2) is 53.3 Å². The first-order valence-corrected chi connectivity index (χ1v) is 9.79. The van der Waals surface area contributed by atoms with E-state index in [0.717, 1.165) is 41.9 Å². The van der Waals surface area contributed by atoms with Crippen molar-refractivity contribution in [1.82, 2.24) is 24.4 Å². The first-order chi connectivity index (χ1) is 14.1. The average molecular weight is 387 g/mol. The summed E-state index contributed by atoms with van der Waals surface area (Å²) in [6, 6.07) is 11.5. The number of benzene rings is 1. The Morgan fingerprint density at radius 2 is 2.00 bits per heavy atom. The summed E-state index contributed by atoms with van der Waals surface area (Å²) >= 11 is 0. The van der Waals surface area contributed by atoms with Gasteiger partial charge >= 0.3 is 0 Å². The third-order valence-electron chi connectivity index (χ3n) is 5.58. The molecule has 1 unspecified atom stereocenters. The van der Waals surface area contributed by atoms with Gasteiger partial charge in [-0.05, 0) is 51.0 Å². The normalized spacial score (nSPS) is 16.6. The Labute approximate surface area is 168 Å². The number of hydrogen-bond acceptors (Lipinski definition) is 5. The van der Waals surface area contributed by atoms with Crippen LogP contribution in [0.3, 0.4) is 0 Å². The SMILES string of the molecule is Cc1cnc2cc(-c3nc(-c4ccc(C(=O)N5CCCC5C)cc4)no3)ccn12. The molecule has 7 heteroatoms. The van der Waals surface area contributed by atoms with Gasteiger partial charge in [-0.15, -0.1) is 0 Å². The van der Waals surface area contributed by atoms with E-state index in [4.69, 9.17) is 4.52 Å². The van der Waals surface area contributed by atoms with Crippen molar-refractivity contribution in [2.45, 2.75) is 32.7 Å². The molecular formula is C22H21N5O2. The molecule has 1 aromatic carbocycles. The minimum absolute atomic E-state index is 0.0821. The molecule has 0 radical (unpaired) electrons. The fourth-order valence-corrected chi connectivity index (χ4v) is 3.86. The second kappa shape index (κ2) is 6.84. The third-order valence-corrected chi connectivity index (χ3v) is 5.58. The largest absolute Gasteiger partial charge is 0.336 e. The summed E-state index contributed by atoms with van der Waals surface area (Å²) in [4.78, 5) is 23.5. The molecule has 1 aliphatic rings. The quantitative estimate of drug-likeness (QED) is 0.531. The molecule has 1 fully saturated rings. The van der Waals surface area contributed by atoms with Crippen LogP contribution in [0.5, 0.6) is 0 Å². The smallest absolute Gasteiger partial charge is 0.258 e. The minimum atomic E-state index is 0.0821.